The van der Waals surface area contributed by atoms with Crippen LogP contribution in [0.3, 0.4) is 0 Å². The number of thiazole rings is 1. The number of amides is 1. The summed E-state index contributed by atoms with van der Waals surface area (Å²) >= 11 is 1.67. The Balaban J connectivity index is 1.86. The van der Waals surface area contributed by atoms with Crippen LogP contribution in [-0.2, 0) is 11.2 Å². The van der Waals surface area contributed by atoms with Crippen molar-refractivity contribution < 1.29 is 4.79 Å². The summed E-state index contributed by atoms with van der Waals surface area (Å²) in [6.07, 6.45) is 1.25. The van der Waals surface area contributed by atoms with Crippen molar-refractivity contribution in [3.8, 4) is 0 Å². The number of hydrogen-bond donors (Lipinski definition) is 1. The number of anilines is 1. The summed E-state index contributed by atoms with van der Waals surface area (Å²) in [5, 5.41) is 4.09. The summed E-state index contributed by atoms with van der Waals surface area (Å²) < 4.78 is 0. The van der Waals surface area contributed by atoms with Crippen molar-refractivity contribution in [2.75, 3.05) is 19.0 Å². The Hall–Kier alpha value is -1.88. The molecule has 1 amide bonds. The highest BCUT2D eigenvalue weighted by molar-refractivity contribution is 7.11. The molecule has 5 heteroatoms. The summed E-state index contributed by atoms with van der Waals surface area (Å²) in [5.41, 5.74) is 3.33. The minimum absolute atomic E-state index is 0.0384. The van der Waals surface area contributed by atoms with Crippen LogP contribution in [0.4, 0.5) is 5.69 Å². The van der Waals surface area contributed by atoms with Gasteiger partial charge in [0.25, 0.3) is 0 Å². The van der Waals surface area contributed by atoms with E-state index in [-0.39, 0.29) is 11.9 Å². The fraction of sp³-hybridized carbons (Fsp3) is 0.444. The third kappa shape index (κ3) is 4.79. The predicted molar refractivity (Wildman–Crippen MR) is 97.2 cm³/mol. The summed E-state index contributed by atoms with van der Waals surface area (Å²) in [4.78, 5) is 19.9. The van der Waals surface area contributed by atoms with Crippen LogP contribution in [0.5, 0.6) is 0 Å². The molecular weight excluding hydrogens is 306 g/mol. The molecule has 4 nitrogen and oxygen atoms in total. The third-order valence-electron chi connectivity index (χ3n) is 3.82. The van der Waals surface area contributed by atoms with Crippen LogP contribution < -0.4 is 10.2 Å². The Morgan fingerprint density at radius 2 is 1.91 bits per heavy atom. The molecule has 124 valence electrons. The molecule has 2 aromatic rings. The van der Waals surface area contributed by atoms with Crippen molar-refractivity contribution in [3.05, 3.63) is 45.4 Å². The monoisotopic (exact) mass is 331 g/mol. The van der Waals surface area contributed by atoms with Crippen LogP contribution in [0.1, 0.15) is 40.5 Å². The average Bonchev–Trinajstić information content (AvgIpc) is 2.84. The smallest absolute Gasteiger partial charge is 0.220 e. The average molecular weight is 331 g/mol. The topological polar surface area (TPSA) is 45.2 Å². The molecular formula is C18H25N3OS. The lowest BCUT2D eigenvalue weighted by atomic mass is 10.1. The Labute approximate surface area is 142 Å². The first-order chi connectivity index (χ1) is 10.9. The van der Waals surface area contributed by atoms with E-state index in [4.69, 9.17) is 0 Å². The first kappa shape index (κ1) is 17.5. The van der Waals surface area contributed by atoms with E-state index < -0.39 is 0 Å². The van der Waals surface area contributed by atoms with Crippen LogP contribution in [0, 0.1) is 13.8 Å². The fourth-order valence-corrected chi connectivity index (χ4v) is 3.46. The first-order valence-electron chi connectivity index (χ1n) is 7.86. The zero-order valence-corrected chi connectivity index (χ0v) is 15.3. The first-order valence-corrected chi connectivity index (χ1v) is 8.68. The lowest BCUT2D eigenvalue weighted by Crippen LogP contribution is -2.27. The van der Waals surface area contributed by atoms with E-state index >= 15 is 0 Å². The summed E-state index contributed by atoms with van der Waals surface area (Å²) in [7, 11) is 4.04. The number of hydrogen-bond acceptors (Lipinski definition) is 4. The van der Waals surface area contributed by atoms with E-state index in [1.807, 2.05) is 27.9 Å². The van der Waals surface area contributed by atoms with Gasteiger partial charge in [0.2, 0.25) is 5.91 Å². The lowest BCUT2D eigenvalue weighted by molar-refractivity contribution is -0.121. The molecule has 0 saturated heterocycles. The summed E-state index contributed by atoms with van der Waals surface area (Å²) in [5.74, 6) is 0.0687. The molecule has 0 aliphatic rings. The highest BCUT2D eigenvalue weighted by atomic mass is 32.1. The van der Waals surface area contributed by atoms with Crippen molar-refractivity contribution in [1.82, 2.24) is 10.3 Å². The molecule has 0 saturated carbocycles. The molecule has 1 atom stereocenters. The SMILES string of the molecule is Cc1nc([C@@H](C)NC(=O)CCc2ccc(N(C)C)cc2)c(C)s1. The lowest BCUT2D eigenvalue weighted by Gasteiger charge is -2.14. The second kappa shape index (κ2) is 7.59. The van der Waals surface area contributed by atoms with Gasteiger partial charge in [-0.1, -0.05) is 12.1 Å². The van der Waals surface area contributed by atoms with Gasteiger partial charge >= 0.3 is 0 Å². The number of carbonyl (C=O) groups is 1. The Bertz CT molecular complexity index is 661. The van der Waals surface area contributed by atoms with Crippen LogP contribution in [0.2, 0.25) is 0 Å². The van der Waals surface area contributed by atoms with E-state index in [2.05, 4.69) is 46.4 Å². The highest BCUT2D eigenvalue weighted by Crippen LogP contribution is 2.22. The van der Waals surface area contributed by atoms with Crippen molar-refractivity contribution in [2.24, 2.45) is 0 Å². The maximum Gasteiger partial charge on any atom is 0.220 e. The third-order valence-corrected chi connectivity index (χ3v) is 4.72. The van der Waals surface area contributed by atoms with Crippen LogP contribution in [-0.4, -0.2) is 25.0 Å². The van der Waals surface area contributed by atoms with E-state index in [0.29, 0.717) is 6.42 Å². The zero-order valence-electron chi connectivity index (χ0n) is 14.5. The molecule has 0 spiro atoms. The Morgan fingerprint density at radius 1 is 1.26 bits per heavy atom. The van der Waals surface area contributed by atoms with Crippen molar-refractivity contribution in [3.63, 3.8) is 0 Å². The van der Waals surface area contributed by atoms with Gasteiger partial charge in [-0.25, -0.2) is 4.98 Å². The second-order valence-electron chi connectivity index (χ2n) is 6.02. The predicted octanol–water partition coefficient (Wildman–Crippen LogP) is 3.64. The molecule has 2 rings (SSSR count). The Morgan fingerprint density at radius 3 is 2.43 bits per heavy atom. The number of nitrogens with one attached hydrogen (secondary N) is 1. The van der Waals surface area contributed by atoms with Gasteiger partial charge in [0.05, 0.1) is 16.7 Å². The largest absolute Gasteiger partial charge is 0.378 e. The fourth-order valence-electron chi connectivity index (χ4n) is 2.55. The standard InChI is InChI=1S/C18H25N3OS/c1-12(18-13(2)23-14(3)20-18)19-17(22)11-8-15-6-9-16(10-7-15)21(4)5/h6-7,9-10,12H,8,11H2,1-5H3,(H,19,22)/t12-/m1/s1. The van der Waals surface area contributed by atoms with Crippen molar-refractivity contribution in [1.29, 1.82) is 0 Å². The van der Waals surface area contributed by atoms with Gasteiger partial charge in [0.15, 0.2) is 0 Å². The number of nitrogens with zero attached hydrogens (tertiary/aromatic N) is 2. The molecule has 0 aliphatic carbocycles. The quantitative estimate of drug-likeness (QED) is 0.879. The maximum atomic E-state index is 12.1. The van der Waals surface area contributed by atoms with Crippen LogP contribution in [0.15, 0.2) is 24.3 Å². The summed E-state index contributed by atoms with van der Waals surface area (Å²) in [6.45, 7) is 6.04. The number of aromatic nitrogens is 1. The minimum atomic E-state index is -0.0384. The minimum Gasteiger partial charge on any atom is -0.378 e. The van der Waals surface area contributed by atoms with Crippen molar-refractivity contribution in [2.45, 2.75) is 39.7 Å². The van der Waals surface area contributed by atoms with E-state index in [1.54, 1.807) is 11.3 Å². The van der Waals surface area contributed by atoms with Gasteiger partial charge in [-0.05, 0) is 44.9 Å². The number of carbonyl (C=O) groups excluding carboxylic acids is 1. The zero-order chi connectivity index (χ0) is 17.0. The molecule has 1 heterocycles. The maximum absolute atomic E-state index is 12.1. The van der Waals surface area contributed by atoms with E-state index in [0.717, 1.165) is 17.1 Å². The van der Waals surface area contributed by atoms with Crippen LogP contribution >= 0.6 is 11.3 Å². The number of aryl methyl sites for hydroxylation is 3. The molecule has 0 unspecified atom stereocenters. The summed E-state index contributed by atoms with van der Waals surface area (Å²) in [6, 6.07) is 8.29. The number of rotatable bonds is 6. The molecule has 1 aromatic heterocycles. The van der Waals surface area contributed by atoms with E-state index in [1.165, 1.54) is 16.1 Å². The van der Waals surface area contributed by atoms with Gasteiger partial charge in [-0.15, -0.1) is 11.3 Å². The van der Waals surface area contributed by atoms with Gasteiger partial charge in [0.1, 0.15) is 0 Å². The molecule has 0 radical (unpaired) electrons. The normalized spacial score (nSPS) is 12.0. The van der Waals surface area contributed by atoms with Gasteiger partial charge in [0, 0.05) is 31.1 Å². The van der Waals surface area contributed by atoms with Gasteiger partial charge in [-0.2, -0.15) is 0 Å². The molecule has 0 fully saturated rings. The van der Waals surface area contributed by atoms with Gasteiger partial charge in [-0.3, -0.25) is 4.79 Å². The van der Waals surface area contributed by atoms with E-state index in [9.17, 15) is 4.79 Å². The van der Waals surface area contributed by atoms with Gasteiger partial charge < -0.3 is 10.2 Å². The molecule has 23 heavy (non-hydrogen) atoms. The molecule has 0 bridgehead atoms. The Kier molecular flexibility index (Phi) is 5.77. The highest BCUT2D eigenvalue weighted by Gasteiger charge is 2.15. The molecule has 1 aromatic carbocycles. The van der Waals surface area contributed by atoms with Crippen LogP contribution in [0.25, 0.3) is 0 Å². The number of benzene rings is 1. The van der Waals surface area contributed by atoms with Crippen molar-refractivity contribution >= 4 is 22.9 Å². The molecule has 0 aliphatic heterocycles. The molecule has 1 N–H and O–H groups in total. The second-order valence-corrected chi connectivity index (χ2v) is 7.43.